The molecule has 1 aromatic rings. The first-order valence-electron chi connectivity index (χ1n) is 3.17. The Hall–Kier alpha value is -0.750. The summed E-state index contributed by atoms with van der Waals surface area (Å²) in [6, 6.07) is 5.90. The summed E-state index contributed by atoms with van der Waals surface area (Å²) in [7, 11) is 0. The first kappa shape index (κ1) is 5.99. The second-order valence-corrected chi connectivity index (χ2v) is 2.74. The second-order valence-electron chi connectivity index (χ2n) is 2.30. The van der Waals surface area contributed by atoms with Crippen LogP contribution in [0.1, 0.15) is 11.1 Å². The topological polar surface area (TPSA) is 0 Å². The molecule has 0 amide bonds. The van der Waals surface area contributed by atoms with Crippen molar-refractivity contribution in [1.82, 2.24) is 0 Å². The van der Waals surface area contributed by atoms with Crippen LogP contribution in [0, 0.1) is 6.42 Å². The van der Waals surface area contributed by atoms with E-state index in [1.165, 1.54) is 11.1 Å². The van der Waals surface area contributed by atoms with Gasteiger partial charge >= 0.3 is 0 Å². The molecule has 0 atom stereocenters. The molecule has 49 valence electrons. The monoisotopic (exact) mass is 149 g/mol. The van der Waals surface area contributed by atoms with Gasteiger partial charge < -0.3 is 0 Å². The van der Waals surface area contributed by atoms with Crippen molar-refractivity contribution in [3.63, 3.8) is 0 Å². The Morgan fingerprint density at radius 2 is 2.00 bits per heavy atom. The fourth-order valence-corrected chi connectivity index (χ4v) is 1.28. The van der Waals surface area contributed by atoms with E-state index in [-0.39, 0.29) is 0 Å². The summed E-state index contributed by atoms with van der Waals surface area (Å²) in [6.07, 6.45) is 6.16. The summed E-state index contributed by atoms with van der Waals surface area (Å²) in [6.45, 7) is 0. The molecule has 1 aliphatic rings. The lowest BCUT2D eigenvalue weighted by Gasteiger charge is -1.96. The van der Waals surface area contributed by atoms with E-state index in [4.69, 9.17) is 11.6 Å². The molecule has 0 aliphatic heterocycles. The van der Waals surface area contributed by atoms with Gasteiger partial charge in [-0.15, -0.1) is 0 Å². The van der Waals surface area contributed by atoms with Crippen LogP contribution in [0.2, 0.25) is 5.02 Å². The molecule has 0 aromatic heterocycles. The van der Waals surface area contributed by atoms with E-state index in [1.54, 1.807) is 0 Å². The van der Waals surface area contributed by atoms with Gasteiger partial charge in [-0.1, -0.05) is 29.8 Å². The van der Waals surface area contributed by atoms with E-state index in [0.717, 1.165) is 5.02 Å². The van der Waals surface area contributed by atoms with Crippen LogP contribution in [0.15, 0.2) is 24.3 Å². The SMILES string of the molecule is Clc1ccc2c(c1)C=C[CH]2. The molecule has 0 bridgehead atoms. The van der Waals surface area contributed by atoms with E-state index < -0.39 is 0 Å². The van der Waals surface area contributed by atoms with Crippen molar-refractivity contribution in [2.24, 2.45) is 0 Å². The Labute approximate surface area is 65.1 Å². The molecule has 1 aliphatic carbocycles. The predicted octanol–water partition coefficient (Wildman–Crippen LogP) is 2.92. The average molecular weight is 150 g/mol. The van der Waals surface area contributed by atoms with Crippen LogP contribution >= 0.6 is 11.6 Å². The van der Waals surface area contributed by atoms with Gasteiger partial charge in [0.15, 0.2) is 0 Å². The quantitative estimate of drug-likeness (QED) is 0.532. The van der Waals surface area contributed by atoms with Gasteiger partial charge in [0, 0.05) is 11.4 Å². The molecule has 0 saturated heterocycles. The molecular weight excluding hydrogens is 144 g/mol. The number of benzene rings is 1. The summed E-state index contributed by atoms with van der Waals surface area (Å²) >= 11 is 5.78. The Bertz CT molecular complexity index is 287. The molecule has 1 aromatic carbocycles. The summed E-state index contributed by atoms with van der Waals surface area (Å²) in [5.74, 6) is 0. The minimum atomic E-state index is 0.804. The molecule has 0 N–H and O–H groups in total. The lowest BCUT2D eigenvalue weighted by Crippen LogP contribution is -1.77. The van der Waals surface area contributed by atoms with Crippen molar-refractivity contribution < 1.29 is 0 Å². The number of hydrogen-bond donors (Lipinski definition) is 0. The summed E-state index contributed by atoms with van der Waals surface area (Å²) in [5, 5.41) is 0.804. The minimum absolute atomic E-state index is 0.804. The molecule has 1 radical (unpaired) electrons. The Balaban J connectivity index is 2.60. The van der Waals surface area contributed by atoms with Crippen LogP contribution in [0.5, 0.6) is 0 Å². The normalized spacial score (nSPS) is 13.7. The maximum absolute atomic E-state index is 5.78. The third-order valence-electron chi connectivity index (χ3n) is 1.60. The number of hydrogen-bond acceptors (Lipinski definition) is 0. The molecule has 2 rings (SSSR count). The van der Waals surface area contributed by atoms with Crippen molar-refractivity contribution in [1.29, 1.82) is 0 Å². The van der Waals surface area contributed by atoms with E-state index in [2.05, 4.69) is 12.5 Å². The van der Waals surface area contributed by atoms with Crippen LogP contribution in [0.25, 0.3) is 6.08 Å². The number of rotatable bonds is 0. The highest BCUT2D eigenvalue weighted by atomic mass is 35.5. The molecule has 0 unspecified atom stereocenters. The van der Waals surface area contributed by atoms with E-state index in [0.29, 0.717) is 0 Å². The van der Waals surface area contributed by atoms with E-state index in [9.17, 15) is 0 Å². The Morgan fingerprint density at radius 3 is 2.90 bits per heavy atom. The highest BCUT2D eigenvalue weighted by molar-refractivity contribution is 6.30. The second kappa shape index (κ2) is 2.14. The zero-order valence-corrected chi connectivity index (χ0v) is 6.10. The molecule has 1 heteroatoms. The van der Waals surface area contributed by atoms with Gasteiger partial charge in [-0.3, -0.25) is 0 Å². The highest BCUT2D eigenvalue weighted by Crippen LogP contribution is 2.23. The van der Waals surface area contributed by atoms with Crippen molar-refractivity contribution >= 4 is 17.7 Å². The molecule has 0 spiro atoms. The number of fused-ring (bicyclic) bond motifs is 1. The maximum Gasteiger partial charge on any atom is 0.0412 e. The van der Waals surface area contributed by atoms with Crippen LogP contribution in [0.4, 0.5) is 0 Å². The summed E-state index contributed by atoms with van der Waals surface area (Å²) in [5.41, 5.74) is 2.47. The van der Waals surface area contributed by atoms with Crippen LogP contribution in [0.3, 0.4) is 0 Å². The molecule has 0 nitrogen and oxygen atoms in total. The molecule has 0 saturated carbocycles. The average Bonchev–Trinajstić information content (AvgIpc) is 2.33. The fourth-order valence-electron chi connectivity index (χ4n) is 1.10. The van der Waals surface area contributed by atoms with Gasteiger partial charge in [0.05, 0.1) is 0 Å². The van der Waals surface area contributed by atoms with E-state index >= 15 is 0 Å². The molecule has 0 heterocycles. The van der Waals surface area contributed by atoms with E-state index in [1.807, 2.05) is 24.3 Å². The molecule has 10 heavy (non-hydrogen) atoms. The largest absolute Gasteiger partial charge is 0.0843 e. The first-order valence-corrected chi connectivity index (χ1v) is 3.55. The van der Waals surface area contributed by atoms with Gasteiger partial charge in [-0.05, 0) is 23.3 Å². The zero-order valence-electron chi connectivity index (χ0n) is 5.34. The van der Waals surface area contributed by atoms with Crippen molar-refractivity contribution in [2.75, 3.05) is 0 Å². The highest BCUT2D eigenvalue weighted by Gasteiger charge is 2.03. The van der Waals surface area contributed by atoms with Gasteiger partial charge in [0.25, 0.3) is 0 Å². The van der Waals surface area contributed by atoms with Crippen molar-refractivity contribution in [2.45, 2.75) is 0 Å². The van der Waals surface area contributed by atoms with Crippen LogP contribution in [-0.2, 0) is 0 Å². The summed E-state index contributed by atoms with van der Waals surface area (Å²) < 4.78 is 0. The van der Waals surface area contributed by atoms with Crippen molar-refractivity contribution in [3.8, 4) is 0 Å². The number of halogens is 1. The zero-order chi connectivity index (χ0) is 6.97. The maximum atomic E-state index is 5.78. The van der Waals surface area contributed by atoms with Gasteiger partial charge in [0.1, 0.15) is 0 Å². The minimum Gasteiger partial charge on any atom is -0.0843 e. The standard InChI is InChI=1S/C9H6Cl/c10-9-5-4-7-2-1-3-8(7)6-9/h1-6H. The predicted molar refractivity (Wildman–Crippen MR) is 43.9 cm³/mol. The Kier molecular flexibility index (Phi) is 1.28. The fraction of sp³-hybridized carbons (Fsp3) is 0. The third kappa shape index (κ3) is 0.850. The van der Waals surface area contributed by atoms with Gasteiger partial charge in [0.2, 0.25) is 0 Å². The lowest BCUT2D eigenvalue weighted by molar-refractivity contribution is 1.55. The van der Waals surface area contributed by atoms with Crippen LogP contribution < -0.4 is 0 Å². The smallest absolute Gasteiger partial charge is 0.0412 e. The number of allylic oxidation sites excluding steroid dienone is 1. The molecular formula is C9H6Cl. The third-order valence-corrected chi connectivity index (χ3v) is 1.84. The molecule has 0 fully saturated rings. The van der Waals surface area contributed by atoms with Crippen LogP contribution in [-0.4, -0.2) is 0 Å². The van der Waals surface area contributed by atoms with Crippen molar-refractivity contribution in [3.05, 3.63) is 46.8 Å². The first-order chi connectivity index (χ1) is 4.86. The van der Waals surface area contributed by atoms with Gasteiger partial charge in [-0.2, -0.15) is 0 Å². The van der Waals surface area contributed by atoms with Gasteiger partial charge in [-0.25, -0.2) is 0 Å². The summed E-state index contributed by atoms with van der Waals surface area (Å²) in [4.78, 5) is 0. The lowest BCUT2D eigenvalue weighted by atomic mass is 10.1. The Morgan fingerprint density at radius 1 is 1.10 bits per heavy atom.